The minimum atomic E-state index is -0.744. The Balaban J connectivity index is 1.52. The number of ether oxygens (including phenoxy) is 1. The van der Waals surface area contributed by atoms with E-state index in [9.17, 15) is 19.7 Å². The molecule has 5 rings (SSSR count). The maximum atomic E-state index is 13.7. The number of allylic oxidation sites excluding steroid dienone is 3. The first-order valence-corrected chi connectivity index (χ1v) is 13.4. The quantitative estimate of drug-likeness (QED) is 0.226. The van der Waals surface area contributed by atoms with Crippen LogP contribution in [0.4, 0.5) is 5.69 Å². The third-order valence-electron chi connectivity index (χ3n) is 7.22. The molecule has 7 nitrogen and oxygen atoms in total. The Labute approximate surface area is 225 Å². The lowest BCUT2D eigenvalue weighted by molar-refractivity contribution is -0.385. The van der Waals surface area contributed by atoms with E-state index in [1.54, 1.807) is 37.3 Å². The number of carbonyl (C=O) groups is 2. The molecule has 1 aliphatic carbocycles. The van der Waals surface area contributed by atoms with E-state index in [0.717, 1.165) is 16.1 Å². The summed E-state index contributed by atoms with van der Waals surface area (Å²) >= 11 is 1.62. The van der Waals surface area contributed by atoms with E-state index in [1.165, 1.54) is 6.07 Å². The second kappa shape index (κ2) is 10.8. The molecule has 0 radical (unpaired) electrons. The van der Waals surface area contributed by atoms with Crippen LogP contribution in [0.25, 0.3) is 0 Å². The van der Waals surface area contributed by atoms with Gasteiger partial charge in [0.2, 0.25) is 0 Å². The summed E-state index contributed by atoms with van der Waals surface area (Å²) in [6.07, 6.45) is 1.50. The molecule has 194 valence electrons. The first-order valence-electron chi connectivity index (χ1n) is 12.6. The average Bonchev–Trinajstić information content (AvgIpc) is 3.44. The van der Waals surface area contributed by atoms with E-state index < -0.39 is 16.8 Å². The van der Waals surface area contributed by atoms with Crippen LogP contribution in [-0.2, 0) is 20.7 Å². The van der Waals surface area contributed by atoms with Crippen LogP contribution in [0.2, 0.25) is 0 Å². The van der Waals surface area contributed by atoms with Crippen LogP contribution >= 0.6 is 11.3 Å². The molecule has 0 saturated heterocycles. The third kappa shape index (κ3) is 5.04. The fourth-order valence-corrected chi connectivity index (χ4v) is 6.18. The number of thiophene rings is 1. The SMILES string of the molecule is CC1=C(C(=O)OCCc2ccccc2)[C@@H](c2ccc(C)c([N+](=O)[O-])c2)C2=C(C[C@@H](c3cccs3)CC2=O)N1. The maximum Gasteiger partial charge on any atom is 0.336 e. The summed E-state index contributed by atoms with van der Waals surface area (Å²) < 4.78 is 5.70. The normalized spacial score (nSPS) is 19.2. The molecule has 2 aromatic carbocycles. The molecule has 0 fully saturated rings. The van der Waals surface area contributed by atoms with E-state index in [-0.39, 0.29) is 24.0 Å². The Morgan fingerprint density at radius 2 is 1.89 bits per heavy atom. The smallest absolute Gasteiger partial charge is 0.336 e. The van der Waals surface area contributed by atoms with Crippen molar-refractivity contribution in [2.45, 2.75) is 44.9 Å². The van der Waals surface area contributed by atoms with E-state index >= 15 is 0 Å². The van der Waals surface area contributed by atoms with Gasteiger partial charge in [-0.05, 0) is 42.8 Å². The highest BCUT2D eigenvalue weighted by atomic mass is 32.1. The number of hydrogen-bond donors (Lipinski definition) is 1. The molecule has 0 spiro atoms. The Bertz CT molecular complexity index is 1460. The zero-order chi connectivity index (χ0) is 26.8. The summed E-state index contributed by atoms with van der Waals surface area (Å²) in [4.78, 5) is 39.6. The second-order valence-electron chi connectivity index (χ2n) is 9.71. The highest BCUT2D eigenvalue weighted by Crippen LogP contribution is 2.46. The summed E-state index contributed by atoms with van der Waals surface area (Å²) in [5, 5.41) is 17.1. The van der Waals surface area contributed by atoms with Crippen molar-refractivity contribution in [2.24, 2.45) is 0 Å². The zero-order valence-corrected chi connectivity index (χ0v) is 22.0. The van der Waals surface area contributed by atoms with Gasteiger partial charge in [0.05, 0.1) is 17.1 Å². The minimum Gasteiger partial charge on any atom is -0.462 e. The van der Waals surface area contributed by atoms with Crippen LogP contribution in [0.15, 0.2) is 88.6 Å². The molecule has 1 N–H and O–H groups in total. The number of nitrogens with one attached hydrogen (secondary N) is 1. The summed E-state index contributed by atoms with van der Waals surface area (Å²) in [5.74, 6) is -1.29. The molecular formula is C30H28N2O5S. The number of esters is 1. The van der Waals surface area contributed by atoms with Gasteiger partial charge in [0.15, 0.2) is 5.78 Å². The molecule has 0 bridgehead atoms. The number of hydrogen-bond acceptors (Lipinski definition) is 7. The molecule has 3 aromatic rings. The van der Waals surface area contributed by atoms with Gasteiger partial charge < -0.3 is 10.1 Å². The predicted molar refractivity (Wildman–Crippen MR) is 146 cm³/mol. The molecule has 38 heavy (non-hydrogen) atoms. The van der Waals surface area contributed by atoms with Gasteiger partial charge in [-0.25, -0.2) is 4.79 Å². The second-order valence-corrected chi connectivity index (χ2v) is 10.7. The van der Waals surface area contributed by atoms with Crippen molar-refractivity contribution >= 4 is 28.8 Å². The van der Waals surface area contributed by atoms with E-state index in [1.807, 2.05) is 47.8 Å². The number of benzene rings is 2. The van der Waals surface area contributed by atoms with Gasteiger partial charge in [-0.2, -0.15) is 0 Å². The van der Waals surface area contributed by atoms with Gasteiger partial charge in [-0.3, -0.25) is 14.9 Å². The van der Waals surface area contributed by atoms with Crippen molar-refractivity contribution < 1.29 is 19.2 Å². The number of aryl methyl sites for hydroxylation is 1. The first-order chi connectivity index (χ1) is 18.3. The fourth-order valence-electron chi connectivity index (χ4n) is 5.35. The lowest BCUT2D eigenvalue weighted by Gasteiger charge is -2.36. The third-order valence-corrected chi connectivity index (χ3v) is 8.26. The topological polar surface area (TPSA) is 98.5 Å². The van der Waals surface area contributed by atoms with Crippen LogP contribution in [0, 0.1) is 17.0 Å². The lowest BCUT2D eigenvalue weighted by Crippen LogP contribution is -2.36. The van der Waals surface area contributed by atoms with Crippen LogP contribution in [0.3, 0.4) is 0 Å². The van der Waals surface area contributed by atoms with Gasteiger partial charge in [-0.1, -0.05) is 48.5 Å². The minimum absolute atomic E-state index is 0.0441. The van der Waals surface area contributed by atoms with E-state index in [0.29, 0.717) is 47.2 Å². The van der Waals surface area contributed by atoms with Crippen molar-refractivity contribution in [2.75, 3.05) is 6.61 Å². The number of dihydropyridines is 1. The van der Waals surface area contributed by atoms with Crippen molar-refractivity contribution in [1.82, 2.24) is 5.32 Å². The Hall–Kier alpha value is -4.04. The van der Waals surface area contributed by atoms with Gasteiger partial charge in [0, 0.05) is 58.2 Å². The Morgan fingerprint density at radius 3 is 2.61 bits per heavy atom. The number of nitro groups is 1. The van der Waals surface area contributed by atoms with Crippen molar-refractivity contribution in [1.29, 1.82) is 0 Å². The molecule has 8 heteroatoms. The van der Waals surface area contributed by atoms with Crippen LogP contribution in [0.5, 0.6) is 0 Å². The van der Waals surface area contributed by atoms with Crippen LogP contribution in [-0.4, -0.2) is 23.3 Å². The molecule has 2 atom stereocenters. The summed E-state index contributed by atoms with van der Waals surface area (Å²) in [7, 11) is 0. The molecule has 2 heterocycles. The summed E-state index contributed by atoms with van der Waals surface area (Å²) in [5.41, 5.74) is 4.24. The number of nitro benzene ring substituents is 1. The molecule has 0 amide bonds. The van der Waals surface area contributed by atoms with Gasteiger partial charge in [-0.15, -0.1) is 11.3 Å². The van der Waals surface area contributed by atoms with E-state index in [2.05, 4.69) is 5.32 Å². The average molecular weight is 529 g/mol. The van der Waals surface area contributed by atoms with Crippen LogP contribution < -0.4 is 5.32 Å². The Morgan fingerprint density at radius 1 is 1.11 bits per heavy atom. The monoisotopic (exact) mass is 528 g/mol. The number of nitrogens with zero attached hydrogens (tertiary/aromatic N) is 1. The van der Waals surface area contributed by atoms with Gasteiger partial charge >= 0.3 is 5.97 Å². The maximum absolute atomic E-state index is 13.7. The highest BCUT2D eigenvalue weighted by molar-refractivity contribution is 7.10. The number of ketones is 1. The summed E-state index contributed by atoms with van der Waals surface area (Å²) in [6, 6.07) is 18.7. The number of rotatable bonds is 7. The lowest BCUT2D eigenvalue weighted by atomic mass is 9.72. The van der Waals surface area contributed by atoms with E-state index in [4.69, 9.17) is 4.74 Å². The van der Waals surface area contributed by atoms with Crippen molar-refractivity contribution in [3.8, 4) is 0 Å². The Kier molecular flexibility index (Phi) is 7.24. The number of Topliss-reactive ketones (excluding diaryl/α,β-unsaturated/α-hetero) is 1. The predicted octanol–water partition coefficient (Wildman–Crippen LogP) is 6.11. The molecular weight excluding hydrogens is 500 g/mol. The standard InChI is InChI=1S/C30H28N2O5S/c1-18-10-11-21(16-24(18)32(35)36)28-27(30(34)37-13-12-20-7-4-3-5-8-20)19(2)31-23-15-22(17-25(33)29(23)28)26-9-6-14-38-26/h3-11,14,16,22,28,31H,12-13,15,17H2,1-2H3/t22-,28-/m1/s1. The van der Waals surface area contributed by atoms with Crippen molar-refractivity contribution in [3.05, 3.63) is 120 Å². The molecule has 1 aromatic heterocycles. The van der Waals surface area contributed by atoms with Crippen molar-refractivity contribution in [3.63, 3.8) is 0 Å². The van der Waals surface area contributed by atoms with Gasteiger partial charge in [0.25, 0.3) is 5.69 Å². The molecule has 0 saturated carbocycles. The number of carbonyl (C=O) groups excluding carboxylic acids is 2. The largest absolute Gasteiger partial charge is 0.462 e. The highest BCUT2D eigenvalue weighted by Gasteiger charge is 2.42. The van der Waals surface area contributed by atoms with Crippen LogP contribution in [0.1, 0.15) is 53.2 Å². The zero-order valence-electron chi connectivity index (χ0n) is 21.2. The summed E-state index contributed by atoms with van der Waals surface area (Å²) in [6.45, 7) is 3.65. The fraction of sp³-hybridized carbons (Fsp3) is 0.267. The molecule has 1 aliphatic heterocycles. The first kappa shape index (κ1) is 25.6. The molecule has 0 unspecified atom stereocenters. The molecule has 2 aliphatic rings. The van der Waals surface area contributed by atoms with Gasteiger partial charge in [0.1, 0.15) is 0 Å².